The van der Waals surface area contributed by atoms with Crippen LogP contribution in [0.15, 0.2) is 28.8 Å². The fourth-order valence-electron chi connectivity index (χ4n) is 1.60. The molecule has 0 saturated heterocycles. The predicted octanol–water partition coefficient (Wildman–Crippen LogP) is 1.40. The number of rotatable bonds is 6. The molecule has 1 aromatic heterocycles. The Morgan fingerprint density at radius 2 is 2.10 bits per heavy atom. The molecule has 20 heavy (non-hydrogen) atoms. The number of halogens is 1. The molecular formula is C13H15ClN4O2. The van der Waals surface area contributed by atoms with Crippen molar-refractivity contribution in [2.24, 2.45) is 5.73 Å². The Bertz CT molecular complexity index is 568. The molecule has 7 heteroatoms. The molecule has 0 bridgehead atoms. The summed E-state index contributed by atoms with van der Waals surface area (Å²) in [6, 6.07) is 7.17. The number of hydrogen-bond acceptors (Lipinski definition) is 5. The third kappa shape index (κ3) is 4.04. The van der Waals surface area contributed by atoms with Crippen LogP contribution in [0, 0.1) is 0 Å². The third-order valence-electron chi connectivity index (χ3n) is 2.60. The largest absolute Gasteiger partial charge is 0.356 e. The maximum atomic E-state index is 11.2. The highest BCUT2D eigenvalue weighted by atomic mass is 35.5. The molecular weight excluding hydrogens is 280 g/mol. The lowest BCUT2D eigenvalue weighted by molar-refractivity contribution is -0.120. The van der Waals surface area contributed by atoms with Crippen LogP contribution in [0.2, 0.25) is 5.02 Å². The summed E-state index contributed by atoms with van der Waals surface area (Å²) in [6.45, 7) is 0.786. The van der Waals surface area contributed by atoms with E-state index < -0.39 is 0 Å². The zero-order valence-electron chi connectivity index (χ0n) is 10.8. The van der Waals surface area contributed by atoms with E-state index in [9.17, 15) is 4.79 Å². The highest BCUT2D eigenvalue weighted by molar-refractivity contribution is 6.30. The van der Waals surface area contributed by atoms with Crippen LogP contribution in [0.4, 0.5) is 0 Å². The Morgan fingerprint density at radius 3 is 2.80 bits per heavy atom. The smallest absolute Gasteiger partial charge is 0.228 e. The summed E-state index contributed by atoms with van der Waals surface area (Å²) in [5.41, 5.74) is 6.11. The van der Waals surface area contributed by atoms with Gasteiger partial charge in [-0.2, -0.15) is 4.98 Å². The maximum Gasteiger partial charge on any atom is 0.228 e. The fourth-order valence-corrected chi connectivity index (χ4v) is 1.73. The van der Waals surface area contributed by atoms with Crippen molar-refractivity contribution in [2.45, 2.75) is 12.8 Å². The highest BCUT2D eigenvalue weighted by Gasteiger charge is 2.08. The van der Waals surface area contributed by atoms with E-state index in [0.29, 0.717) is 42.7 Å². The third-order valence-corrected chi connectivity index (χ3v) is 2.85. The Balaban J connectivity index is 1.89. The van der Waals surface area contributed by atoms with Gasteiger partial charge >= 0.3 is 0 Å². The van der Waals surface area contributed by atoms with Gasteiger partial charge < -0.3 is 15.6 Å². The van der Waals surface area contributed by atoms with E-state index in [1.807, 2.05) is 12.1 Å². The number of carbonyl (C=O) groups is 1. The highest BCUT2D eigenvalue weighted by Crippen LogP contribution is 2.18. The molecule has 0 aliphatic rings. The van der Waals surface area contributed by atoms with Gasteiger partial charge in [0.2, 0.25) is 17.6 Å². The van der Waals surface area contributed by atoms with Crippen LogP contribution in [0.25, 0.3) is 11.4 Å². The molecule has 2 aromatic rings. The Morgan fingerprint density at radius 1 is 1.35 bits per heavy atom. The van der Waals surface area contributed by atoms with Crippen LogP contribution in [0.1, 0.15) is 12.3 Å². The van der Waals surface area contributed by atoms with Gasteiger partial charge in [-0.15, -0.1) is 0 Å². The van der Waals surface area contributed by atoms with E-state index >= 15 is 0 Å². The minimum absolute atomic E-state index is 0.0788. The Labute approximate surface area is 121 Å². The van der Waals surface area contributed by atoms with Crippen molar-refractivity contribution in [3.63, 3.8) is 0 Å². The van der Waals surface area contributed by atoms with Crippen molar-refractivity contribution in [3.8, 4) is 11.4 Å². The van der Waals surface area contributed by atoms with Gasteiger partial charge in [0.1, 0.15) is 0 Å². The van der Waals surface area contributed by atoms with Crippen LogP contribution in [0.5, 0.6) is 0 Å². The van der Waals surface area contributed by atoms with Gasteiger partial charge in [0.05, 0.1) is 0 Å². The number of nitrogens with zero attached hydrogens (tertiary/aromatic N) is 2. The van der Waals surface area contributed by atoms with Crippen molar-refractivity contribution >= 4 is 17.5 Å². The number of carbonyl (C=O) groups excluding carboxylic acids is 1. The lowest BCUT2D eigenvalue weighted by Gasteiger charge is -2.00. The van der Waals surface area contributed by atoms with Crippen LogP contribution in [0.3, 0.4) is 0 Å². The number of nitrogens with two attached hydrogens (primary N) is 1. The topological polar surface area (TPSA) is 94.0 Å². The first-order chi connectivity index (χ1) is 9.69. The zero-order valence-corrected chi connectivity index (χ0v) is 11.6. The standard InChI is InChI=1S/C13H15ClN4O2/c14-10-3-1-9(2-4-10)13-17-12(20-18-13)6-8-16-11(19)5-7-15/h1-4H,5-8,15H2,(H,16,19). The molecule has 0 unspecified atom stereocenters. The summed E-state index contributed by atoms with van der Waals surface area (Å²) in [7, 11) is 0. The van der Waals surface area contributed by atoms with E-state index in [1.54, 1.807) is 12.1 Å². The van der Waals surface area contributed by atoms with Crippen LogP contribution in [-0.2, 0) is 11.2 Å². The minimum Gasteiger partial charge on any atom is -0.356 e. The second-order valence-corrected chi connectivity index (χ2v) is 4.59. The number of amides is 1. The van der Waals surface area contributed by atoms with Crippen molar-refractivity contribution in [1.29, 1.82) is 0 Å². The quantitative estimate of drug-likeness (QED) is 0.840. The normalized spacial score (nSPS) is 10.5. The summed E-state index contributed by atoms with van der Waals surface area (Å²) in [6.07, 6.45) is 0.802. The van der Waals surface area contributed by atoms with E-state index in [0.717, 1.165) is 5.56 Å². The summed E-state index contributed by atoms with van der Waals surface area (Å²) in [4.78, 5) is 15.5. The molecule has 6 nitrogen and oxygen atoms in total. The lowest BCUT2D eigenvalue weighted by atomic mass is 10.2. The monoisotopic (exact) mass is 294 g/mol. The van der Waals surface area contributed by atoms with Crippen molar-refractivity contribution in [2.75, 3.05) is 13.1 Å². The lowest BCUT2D eigenvalue weighted by Crippen LogP contribution is -2.27. The number of nitrogens with one attached hydrogen (secondary N) is 1. The first kappa shape index (κ1) is 14.5. The second-order valence-electron chi connectivity index (χ2n) is 4.16. The molecule has 0 aliphatic carbocycles. The number of hydrogen-bond donors (Lipinski definition) is 2. The average molecular weight is 295 g/mol. The first-order valence-corrected chi connectivity index (χ1v) is 6.62. The zero-order chi connectivity index (χ0) is 14.4. The van der Waals surface area contributed by atoms with Crippen LogP contribution in [-0.4, -0.2) is 29.1 Å². The SMILES string of the molecule is NCCC(=O)NCCc1nc(-c2ccc(Cl)cc2)no1. The predicted molar refractivity (Wildman–Crippen MR) is 75.1 cm³/mol. The molecule has 1 aromatic carbocycles. The minimum atomic E-state index is -0.0788. The molecule has 3 N–H and O–H groups in total. The van der Waals surface area contributed by atoms with Gasteiger partial charge in [0.25, 0.3) is 0 Å². The molecule has 106 valence electrons. The van der Waals surface area contributed by atoms with Gasteiger partial charge in [0, 0.05) is 36.5 Å². The maximum absolute atomic E-state index is 11.2. The van der Waals surface area contributed by atoms with E-state index in [-0.39, 0.29) is 5.91 Å². The molecule has 1 heterocycles. The van der Waals surface area contributed by atoms with Crippen LogP contribution < -0.4 is 11.1 Å². The molecule has 1 amide bonds. The van der Waals surface area contributed by atoms with Crippen LogP contribution >= 0.6 is 11.6 Å². The van der Waals surface area contributed by atoms with Gasteiger partial charge in [-0.25, -0.2) is 0 Å². The molecule has 0 saturated carbocycles. The van der Waals surface area contributed by atoms with E-state index in [4.69, 9.17) is 21.9 Å². The average Bonchev–Trinajstić information content (AvgIpc) is 2.89. The summed E-state index contributed by atoms with van der Waals surface area (Å²) in [5, 5.41) is 7.27. The second kappa shape index (κ2) is 7.02. The Kier molecular flexibility index (Phi) is 5.09. The Hall–Kier alpha value is -1.92. The summed E-state index contributed by atoms with van der Waals surface area (Å²) < 4.78 is 5.12. The first-order valence-electron chi connectivity index (χ1n) is 6.24. The van der Waals surface area contributed by atoms with E-state index in [2.05, 4.69) is 15.5 Å². The molecule has 0 radical (unpaired) electrons. The molecule has 0 aliphatic heterocycles. The van der Waals surface area contributed by atoms with Gasteiger partial charge in [0.15, 0.2) is 0 Å². The van der Waals surface area contributed by atoms with Crippen molar-refractivity contribution in [1.82, 2.24) is 15.5 Å². The number of benzene rings is 1. The van der Waals surface area contributed by atoms with Gasteiger partial charge in [-0.1, -0.05) is 16.8 Å². The van der Waals surface area contributed by atoms with Crippen molar-refractivity contribution < 1.29 is 9.32 Å². The molecule has 0 atom stereocenters. The summed E-state index contributed by atoms with van der Waals surface area (Å²) >= 11 is 5.81. The fraction of sp³-hybridized carbons (Fsp3) is 0.308. The summed E-state index contributed by atoms with van der Waals surface area (Å²) in [5.74, 6) is 0.901. The molecule has 0 fully saturated rings. The van der Waals surface area contributed by atoms with Crippen molar-refractivity contribution in [3.05, 3.63) is 35.2 Å². The van der Waals surface area contributed by atoms with Gasteiger partial charge in [-0.3, -0.25) is 4.79 Å². The molecule has 2 rings (SSSR count). The van der Waals surface area contributed by atoms with Gasteiger partial charge in [-0.05, 0) is 24.3 Å². The number of aromatic nitrogens is 2. The van der Waals surface area contributed by atoms with E-state index in [1.165, 1.54) is 0 Å². The molecule has 0 spiro atoms.